The Hall–Kier alpha value is -3.15. The van der Waals surface area contributed by atoms with Crippen LogP contribution in [0.25, 0.3) is 10.9 Å². The lowest BCUT2D eigenvalue weighted by Crippen LogP contribution is -2.39. The van der Waals surface area contributed by atoms with Crippen molar-refractivity contribution in [1.29, 1.82) is 0 Å². The molecule has 0 spiro atoms. The molecule has 4 rings (SSSR count). The maximum absolute atomic E-state index is 14.6. The number of nitrogens with zero attached hydrogens (tertiary/aromatic N) is 1. The molecular formula is C25H28FN3O2. The molecule has 6 heteroatoms. The molecular weight excluding hydrogens is 393 g/mol. The van der Waals surface area contributed by atoms with Crippen LogP contribution in [0.4, 0.5) is 4.39 Å². The second-order valence-corrected chi connectivity index (χ2v) is 8.22. The summed E-state index contributed by atoms with van der Waals surface area (Å²) in [6.07, 6.45) is 8.06. The van der Waals surface area contributed by atoms with Crippen molar-refractivity contribution in [2.24, 2.45) is 0 Å². The lowest BCUT2D eigenvalue weighted by Gasteiger charge is -2.31. The number of aromatic amines is 1. The predicted molar refractivity (Wildman–Crippen MR) is 119 cm³/mol. The van der Waals surface area contributed by atoms with Crippen LogP contribution in [0.2, 0.25) is 0 Å². The van der Waals surface area contributed by atoms with E-state index < -0.39 is 5.82 Å². The minimum atomic E-state index is -0.391. The van der Waals surface area contributed by atoms with Crippen molar-refractivity contribution in [1.82, 2.24) is 15.2 Å². The van der Waals surface area contributed by atoms with Gasteiger partial charge in [0.25, 0.3) is 11.8 Å². The lowest BCUT2D eigenvalue weighted by atomic mass is 10.0. The highest BCUT2D eigenvalue weighted by Gasteiger charge is 2.28. The monoisotopic (exact) mass is 421 g/mol. The molecule has 1 saturated carbocycles. The Kier molecular flexibility index (Phi) is 6.35. The van der Waals surface area contributed by atoms with E-state index in [4.69, 9.17) is 0 Å². The number of H-pyrrole nitrogens is 1. The maximum atomic E-state index is 14.6. The quantitative estimate of drug-likeness (QED) is 0.568. The van der Waals surface area contributed by atoms with E-state index in [0.717, 1.165) is 31.2 Å². The molecule has 1 heterocycles. The number of amides is 2. The van der Waals surface area contributed by atoms with E-state index >= 15 is 0 Å². The second kappa shape index (κ2) is 9.33. The van der Waals surface area contributed by atoms with E-state index in [2.05, 4.69) is 10.3 Å². The molecule has 1 aromatic heterocycles. The van der Waals surface area contributed by atoms with Crippen molar-refractivity contribution in [3.8, 4) is 0 Å². The fraction of sp³-hybridized carbons (Fsp3) is 0.360. The zero-order valence-corrected chi connectivity index (χ0v) is 17.8. The van der Waals surface area contributed by atoms with Crippen LogP contribution >= 0.6 is 0 Å². The zero-order chi connectivity index (χ0) is 21.8. The molecule has 162 valence electrons. The Bertz CT molecular complexity index is 1070. The first-order chi connectivity index (χ1) is 15.1. The number of halogens is 1. The molecule has 0 radical (unpaired) electrons. The number of rotatable bonds is 5. The molecule has 2 aromatic carbocycles. The van der Waals surface area contributed by atoms with E-state index in [0.29, 0.717) is 28.6 Å². The van der Waals surface area contributed by atoms with Crippen LogP contribution < -0.4 is 5.32 Å². The first kappa shape index (κ1) is 21.1. The van der Waals surface area contributed by atoms with Gasteiger partial charge in [-0.2, -0.15) is 0 Å². The molecule has 5 nitrogen and oxygen atoms in total. The topological polar surface area (TPSA) is 65.2 Å². The molecule has 0 bridgehead atoms. The highest BCUT2D eigenvalue weighted by Crippen LogP contribution is 2.28. The fourth-order valence-electron chi connectivity index (χ4n) is 4.50. The van der Waals surface area contributed by atoms with Gasteiger partial charge in [0.2, 0.25) is 0 Å². The Labute approximate surface area is 181 Å². The summed E-state index contributed by atoms with van der Waals surface area (Å²) >= 11 is 0. The Morgan fingerprint density at radius 3 is 2.45 bits per heavy atom. The largest absolute Gasteiger partial charge is 0.360 e. The number of aromatic nitrogens is 1. The summed E-state index contributed by atoms with van der Waals surface area (Å²) in [5, 5.41) is 2.96. The first-order valence-corrected chi connectivity index (χ1v) is 11.0. The van der Waals surface area contributed by atoms with Crippen molar-refractivity contribution >= 4 is 22.7 Å². The van der Waals surface area contributed by atoms with Gasteiger partial charge in [0.1, 0.15) is 5.82 Å². The van der Waals surface area contributed by atoms with Crippen LogP contribution in [0.3, 0.4) is 0 Å². The Balaban J connectivity index is 1.66. The molecule has 1 fully saturated rings. The third kappa shape index (κ3) is 4.48. The third-order valence-electron chi connectivity index (χ3n) is 6.21. The van der Waals surface area contributed by atoms with Crippen molar-refractivity contribution in [3.63, 3.8) is 0 Å². The molecule has 3 aromatic rings. The predicted octanol–water partition coefficient (Wildman–Crippen LogP) is 5.03. The molecule has 2 amide bonds. The van der Waals surface area contributed by atoms with Gasteiger partial charge in [0.05, 0.1) is 5.56 Å². The summed E-state index contributed by atoms with van der Waals surface area (Å²) in [7, 11) is 1.60. The van der Waals surface area contributed by atoms with E-state index in [9.17, 15) is 14.0 Å². The summed E-state index contributed by atoms with van der Waals surface area (Å²) in [5.41, 5.74) is 2.53. The van der Waals surface area contributed by atoms with Gasteiger partial charge in [-0.25, -0.2) is 4.39 Å². The number of hydrogen-bond donors (Lipinski definition) is 2. The smallest absolute Gasteiger partial charge is 0.256 e. The van der Waals surface area contributed by atoms with Gasteiger partial charge in [0.15, 0.2) is 0 Å². The van der Waals surface area contributed by atoms with Crippen LogP contribution in [0, 0.1) is 5.82 Å². The van der Waals surface area contributed by atoms with Gasteiger partial charge in [-0.1, -0.05) is 43.9 Å². The Morgan fingerprint density at radius 2 is 1.77 bits per heavy atom. The minimum Gasteiger partial charge on any atom is -0.360 e. The molecule has 2 N–H and O–H groups in total. The second-order valence-electron chi connectivity index (χ2n) is 8.22. The number of fused-ring (bicyclic) bond motifs is 1. The average molecular weight is 422 g/mol. The summed E-state index contributed by atoms with van der Waals surface area (Å²) in [6.45, 7) is 0.429. The number of hydrogen-bond acceptors (Lipinski definition) is 2. The van der Waals surface area contributed by atoms with Crippen molar-refractivity contribution in [2.45, 2.75) is 51.1 Å². The van der Waals surface area contributed by atoms with Gasteiger partial charge in [-0.15, -0.1) is 0 Å². The van der Waals surface area contributed by atoms with Gasteiger partial charge in [-0.05, 0) is 42.7 Å². The van der Waals surface area contributed by atoms with Crippen LogP contribution in [-0.2, 0) is 6.54 Å². The molecule has 31 heavy (non-hydrogen) atoms. The van der Waals surface area contributed by atoms with Gasteiger partial charge in [-0.3, -0.25) is 9.59 Å². The van der Waals surface area contributed by atoms with Crippen molar-refractivity contribution < 1.29 is 14.0 Å². The number of nitrogens with one attached hydrogen (secondary N) is 2. The highest BCUT2D eigenvalue weighted by molar-refractivity contribution is 6.07. The number of benzene rings is 2. The standard InChI is InChI=1S/C25H28FN3O2/c1-27-24(30)18-13-11-17(12-14-18)16-29(19-7-4-2-3-5-8-19)25(31)20-15-28-22-10-6-9-21(26)23(20)22/h6,9-15,19,28H,2-5,7-8,16H2,1H3,(H,27,30). The SMILES string of the molecule is CNC(=O)c1ccc(CN(C(=O)c2c[nH]c3cccc(F)c23)C2CCCCCC2)cc1. The van der Waals surface area contributed by atoms with Gasteiger partial charge >= 0.3 is 0 Å². The van der Waals surface area contributed by atoms with E-state index in [1.54, 1.807) is 37.5 Å². The van der Waals surface area contributed by atoms with E-state index in [1.807, 2.05) is 17.0 Å². The number of carbonyl (C=O) groups is 2. The summed E-state index contributed by atoms with van der Waals surface area (Å²) in [5.74, 6) is -0.686. The molecule has 1 aliphatic rings. The van der Waals surface area contributed by atoms with E-state index in [1.165, 1.54) is 18.9 Å². The fourth-order valence-corrected chi connectivity index (χ4v) is 4.50. The zero-order valence-electron chi connectivity index (χ0n) is 17.8. The van der Waals surface area contributed by atoms with Crippen molar-refractivity contribution in [2.75, 3.05) is 7.05 Å². The van der Waals surface area contributed by atoms with Crippen molar-refractivity contribution in [3.05, 3.63) is 71.2 Å². The molecule has 1 aliphatic carbocycles. The molecule has 0 unspecified atom stereocenters. The summed E-state index contributed by atoms with van der Waals surface area (Å²) in [4.78, 5) is 30.5. The molecule has 0 atom stereocenters. The number of carbonyl (C=O) groups excluding carboxylic acids is 2. The molecule has 0 saturated heterocycles. The van der Waals surface area contributed by atoms with Crippen LogP contribution in [0.5, 0.6) is 0 Å². The lowest BCUT2D eigenvalue weighted by molar-refractivity contribution is 0.0643. The van der Waals surface area contributed by atoms with Crippen LogP contribution in [0.1, 0.15) is 64.8 Å². The van der Waals surface area contributed by atoms with E-state index in [-0.39, 0.29) is 17.9 Å². The van der Waals surface area contributed by atoms with Crippen LogP contribution in [0.15, 0.2) is 48.7 Å². The summed E-state index contributed by atoms with van der Waals surface area (Å²) in [6, 6.07) is 12.2. The Morgan fingerprint density at radius 1 is 1.06 bits per heavy atom. The maximum Gasteiger partial charge on any atom is 0.256 e. The highest BCUT2D eigenvalue weighted by atomic mass is 19.1. The third-order valence-corrected chi connectivity index (χ3v) is 6.21. The van der Waals surface area contributed by atoms with Gasteiger partial charge in [0, 0.05) is 42.3 Å². The average Bonchev–Trinajstić information content (AvgIpc) is 3.05. The normalized spacial score (nSPS) is 14.9. The first-order valence-electron chi connectivity index (χ1n) is 11.0. The van der Waals surface area contributed by atoms with Gasteiger partial charge < -0.3 is 15.2 Å². The summed E-state index contributed by atoms with van der Waals surface area (Å²) < 4.78 is 14.6. The van der Waals surface area contributed by atoms with Crippen LogP contribution in [-0.4, -0.2) is 34.8 Å². The molecule has 0 aliphatic heterocycles. The minimum absolute atomic E-state index is 0.116.